The highest BCUT2D eigenvalue weighted by molar-refractivity contribution is 7.92. The third kappa shape index (κ3) is 3.08. The fourth-order valence-corrected chi connectivity index (χ4v) is 4.02. The molecular formula is C17H16N2O6S. The summed E-state index contributed by atoms with van der Waals surface area (Å²) in [6.07, 6.45) is 1.44. The van der Waals surface area contributed by atoms with Crippen LogP contribution in [-0.4, -0.2) is 26.7 Å². The molecule has 1 aliphatic heterocycles. The van der Waals surface area contributed by atoms with Crippen LogP contribution in [0, 0.1) is 17.0 Å². The van der Waals surface area contributed by atoms with Crippen LogP contribution >= 0.6 is 0 Å². The molecule has 9 heteroatoms. The maximum atomic E-state index is 13.1. The van der Waals surface area contributed by atoms with Gasteiger partial charge in [0.05, 0.1) is 22.1 Å². The normalized spacial score (nSPS) is 12.7. The molecule has 2 aromatic carbocycles. The molecule has 0 saturated carbocycles. The molecule has 0 fully saturated rings. The van der Waals surface area contributed by atoms with Gasteiger partial charge in [0, 0.05) is 17.7 Å². The zero-order valence-electron chi connectivity index (χ0n) is 13.9. The van der Waals surface area contributed by atoms with E-state index in [2.05, 4.69) is 6.58 Å². The Morgan fingerprint density at radius 1 is 1.23 bits per heavy atom. The first-order valence-corrected chi connectivity index (χ1v) is 9.07. The summed E-state index contributed by atoms with van der Waals surface area (Å²) < 4.78 is 37.8. The van der Waals surface area contributed by atoms with E-state index in [9.17, 15) is 18.5 Å². The van der Waals surface area contributed by atoms with Crippen molar-refractivity contribution in [3.8, 4) is 11.5 Å². The van der Waals surface area contributed by atoms with Crippen LogP contribution in [0.3, 0.4) is 0 Å². The second-order valence-corrected chi connectivity index (χ2v) is 7.43. The summed E-state index contributed by atoms with van der Waals surface area (Å²) >= 11 is 0. The van der Waals surface area contributed by atoms with Crippen LogP contribution in [0.1, 0.15) is 5.56 Å². The number of nitrogens with zero attached hydrogens (tertiary/aromatic N) is 2. The van der Waals surface area contributed by atoms with Crippen molar-refractivity contribution in [2.45, 2.75) is 11.8 Å². The summed E-state index contributed by atoms with van der Waals surface area (Å²) in [6.45, 7) is 5.20. The first kappa shape index (κ1) is 17.7. The first-order valence-electron chi connectivity index (χ1n) is 7.63. The second-order valence-electron chi connectivity index (χ2n) is 5.57. The minimum Gasteiger partial charge on any atom is -0.454 e. The fraction of sp³-hybridized carbons (Fsp3) is 0.176. The zero-order chi connectivity index (χ0) is 18.9. The van der Waals surface area contributed by atoms with Crippen molar-refractivity contribution in [3.63, 3.8) is 0 Å². The molecule has 8 nitrogen and oxygen atoms in total. The van der Waals surface area contributed by atoms with Crippen molar-refractivity contribution in [1.29, 1.82) is 0 Å². The zero-order valence-corrected chi connectivity index (χ0v) is 14.7. The molecule has 0 unspecified atom stereocenters. The molecule has 0 saturated heterocycles. The Hall–Kier alpha value is -3.07. The lowest BCUT2D eigenvalue weighted by Crippen LogP contribution is -2.31. The highest BCUT2D eigenvalue weighted by atomic mass is 32.2. The Morgan fingerprint density at radius 3 is 2.65 bits per heavy atom. The molecule has 0 aromatic heterocycles. The Bertz CT molecular complexity index is 987. The van der Waals surface area contributed by atoms with Crippen molar-refractivity contribution in [3.05, 3.63) is 64.7 Å². The molecule has 0 spiro atoms. The maximum absolute atomic E-state index is 13.1. The van der Waals surface area contributed by atoms with Crippen LogP contribution in [0.4, 0.5) is 11.4 Å². The highest BCUT2D eigenvalue weighted by Gasteiger charge is 2.28. The summed E-state index contributed by atoms with van der Waals surface area (Å²) in [5.74, 6) is 0.956. The standard InChI is InChI=1S/C17H16N2O6S/c1-3-8-18(13-5-7-16-17(9-13)25-11-24-16)26(22,23)14-6-4-12(2)15(10-14)19(20)21/h3-7,9-10H,1,8,11H2,2H3. The predicted octanol–water partition coefficient (Wildman–Crippen LogP) is 3.01. The largest absolute Gasteiger partial charge is 0.454 e. The number of benzene rings is 2. The molecule has 0 amide bonds. The molecule has 0 bridgehead atoms. The van der Waals surface area contributed by atoms with E-state index in [0.717, 1.165) is 10.4 Å². The average Bonchev–Trinajstić information content (AvgIpc) is 3.07. The van der Waals surface area contributed by atoms with E-state index in [1.54, 1.807) is 25.1 Å². The predicted molar refractivity (Wildman–Crippen MR) is 95.1 cm³/mol. The lowest BCUT2D eigenvalue weighted by Gasteiger charge is -2.23. The van der Waals surface area contributed by atoms with Gasteiger partial charge >= 0.3 is 0 Å². The van der Waals surface area contributed by atoms with Gasteiger partial charge in [-0.05, 0) is 25.1 Å². The Balaban J connectivity index is 2.08. The van der Waals surface area contributed by atoms with E-state index in [4.69, 9.17) is 9.47 Å². The lowest BCUT2D eigenvalue weighted by atomic mass is 10.2. The lowest BCUT2D eigenvalue weighted by molar-refractivity contribution is -0.385. The topological polar surface area (TPSA) is 99.0 Å². The van der Waals surface area contributed by atoms with Crippen molar-refractivity contribution in [1.82, 2.24) is 0 Å². The van der Waals surface area contributed by atoms with E-state index in [1.165, 1.54) is 18.2 Å². The van der Waals surface area contributed by atoms with Gasteiger partial charge in [0.1, 0.15) is 0 Å². The van der Waals surface area contributed by atoms with E-state index >= 15 is 0 Å². The Labute approximate surface area is 150 Å². The minimum absolute atomic E-state index is 0.0103. The van der Waals surface area contributed by atoms with Gasteiger partial charge in [-0.15, -0.1) is 6.58 Å². The van der Waals surface area contributed by atoms with Crippen LogP contribution in [0.25, 0.3) is 0 Å². The Kier molecular flexibility index (Phi) is 4.56. The summed E-state index contributed by atoms with van der Waals surface area (Å²) in [7, 11) is -4.05. The molecule has 0 atom stereocenters. The summed E-state index contributed by atoms with van der Waals surface area (Å²) in [5.41, 5.74) is 0.472. The van der Waals surface area contributed by atoms with Gasteiger partial charge in [-0.25, -0.2) is 8.42 Å². The molecule has 0 aliphatic carbocycles. The van der Waals surface area contributed by atoms with Crippen LogP contribution in [0.2, 0.25) is 0 Å². The maximum Gasteiger partial charge on any atom is 0.273 e. The fourth-order valence-electron chi connectivity index (χ4n) is 2.57. The monoisotopic (exact) mass is 376 g/mol. The van der Waals surface area contributed by atoms with Gasteiger partial charge in [-0.3, -0.25) is 14.4 Å². The van der Waals surface area contributed by atoms with E-state index in [-0.39, 0.29) is 23.9 Å². The van der Waals surface area contributed by atoms with Crippen LogP contribution < -0.4 is 13.8 Å². The average molecular weight is 376 g/mol. The smallest absolute Gasteiger partial charge is 0.273 e. The highest BCUT2D eigenvalue weighted by Crippen LogP contribution is 2.37. The SMILES string of the molecule is C=CCN(c1ccc2c(c1)OCO2)S(=O)(=O)c1ccc(C)c([N+](=O)[O-])c1. The minimum atomic E-state index is -4.05. The van der Waals surface area contributed by atoms with Crippen LogP contribution in [0.5, 0.6) is 11.5 Å². The molecule has 2 aromatic rings. The molecule has 136 valence electrons. The summed E-state index contributed by atoms with van der Waals surface area (Å²) in [5, 5.41) is 11.1. The summed E-state index contributed by atoms with van der Waals surface area (Å²) in [4.78, 5) is 10.4. The molecular weight excluding hydrogens is 360 g/mol. The number of hydrogen-bond donors (Lipinski definition) is 0. The number of anilines is 1. The number of nitro benzene ring substituents is 1. The van der Waals surface area contributed by atoms with Crippen molar-refractivity contribution in [2.75, 3.05) is 17.6 Å². The number of aryl methyl sites for hydroxylation is 1. The number of fused-ring (bicyclic) bond motifs is 1. The number of sulfonamides is 1. The van der Waals surface area contributed by atoms with E-state index in [1.807, 2.05) is 0 Å². The third-order valence-corrected chi connectivity index (χ3v) is 5.69. The quantitative estimate of drug-likeness (QED) is 0.437. The van der Waals surface area contributed by atoms with Crippen molar-refractivity contribution < 1.29 is 22.8 Å². The van der Waals surface area contributed by atoms with Gasteiger partial charge in [0.25, 0.3) is 15.7 Å². The van der Waals surface area contributed by atoms with E-state index in [0.29, 0.717) is 22.7 Å². The van der Waals surface area contributed by atoms with Gasteiger partial charge in [0.2, 0.25) is 6.79 Å². The van der Waals surface area contributed by atoms with Gasteiger partial charge < -0.3 is 9.47 Å². The van der Waals surface area contributed by atoms with Crippen LogP contribution in [0.15, 0.2) is 53.9 Å². The van der Waals surface area contributed by atoms with Crippen molar-refractivity contribution in [2.24, 2.45) is 0 Å². The molecule has 1 heterocycles. The summed E-state index contributed by atoms with van der Waals surface area (Å²) in [6, 6.07) is 8.56. The van der Waals surface area contributed by atoms with Gasteiger partial charge in [-0.2, -0.15) is 0 Å². The molecule has 3 rings (SSSR count). The Morgan fingerprint density at radius 2 is 1.96 bits per heavy atom. The van der Waals surface area contributed by atoms with Crippen LogP contribution in [-0.2, 0) is 10.0 Å². The molecule has 0 radical (unpaired) electrons. The molecule has 0 N–H and O–H groups in total. The van der Waals surface area contributed by atoms with Crippen molar-refractivity contribution >= 4 is 21.4 Å². The van der Waals surface area contributed by atoms with Gasteiger partial charge in [0.15, 0.2) is 11.5 Å². The number of nitro groups is 1. The number of ether oxygens (including phenoxy) is 2. The first-order chi connectivity index (χ1) is 12.3. The molecule has 26 heavy (non-hydrogen) atoms. The number of hydrogen-bond acceptors (Lipinski definition) is 6. The molecule has 1 aliphatic rings. The number of rotatable bonds is 6. The van der Waals surface area contributed by atoms with Gasteiger partial charge in [-0.1, -0.05) is 12.1 Å². The third-order valence-electron chi connectivity index (χ3n) is 3.90. The second kappa shape index (κ2) is 6.68. The van der Waals surface area contributed by atoms with E-state index < -0.39 is 14.9 Å².